The van der Waals surface area contributed by atoms with Crippen LogP contribution in [0.15, 0.2) is 48.5 Å². The van der Waals surface area contributed by atoms with Crippen LogP contribution in [-0.2, 0) is 12.8 Å². The minimum Gasteiger partial charge on any atom is -0.497 e. The summed E-state index contributed by atoms with van der Waals surface area (Å²) >= 11 is 0. The highest BCUT2D eigenvalue weighted by atomic mass is 16.5. The van der Waals surface area contributed by atoms with E-state index in [0.717, 1.165) is 24.2 Å². The first-order valence-corrected chi connectivity index (χ1v) is 7.04. The van der Waals surface area contributed by atoms with Crippen molar-refractivity contribution in [1.29, 1.82) is 0 Å². The summed E-state index contributed by atoms with van der Waals surface area (Å²) in [5.74, 6) is 0.850. The molecule has 0 aliphatic carbocycles. The molecule has 106 valence electrons. The smallest absolute Gasteiger partial charge is 0.118 e. The van der Waals surface area contributed by atoms with Crippen LogP contribution in [0.4, 0.5) is 0 Å². The van der Waals surface area contributed by atoms with Crippen LogP contribution < -0.4 is 4.74 Å². The van der Waals surface area contributed by atoms with Gasteiger partial charge in [0.05, 0.1) is 13.2 Å². The van der Waals surface area contributed by atoms with Crippen molar-refractivity contribution < 1.29 is 9.84 Å². The van der Waals surface area contributed by atoms with Gasteiger partial charge in [0.15, 0.2) is 0 Å². The molecule has 0 radical (unpaired) electrons. The van der Waals surface area contributed by atoms with E-state index >= 15 is 0 Å². The highest BCUT2D eigenvalue weighted by Gasteiger charge is 2.06. The Bertz CT molecular complexity index is 531. The minimum atomic E-state index is -0.302. The maximum Gasteiger partial charge on any atom is 0.118 e. The maximum atomic E-state index is 10.1. The van der Waals surface area contributed by atoms with Gasteiger partial charge in [-0.25, -0.2) is 0 Å². The molecule has 0 heterocycles. The SMILES string of the molecule is COc1ccc(CC(O)CCc2cccc(C)c2)cc1. The zero-order valence-electron chi connectivity index (χ0n) is 12.2. The Hall–Kier alpha value is -1.80. The zero-order chi connectivity index (χ0) is 14.4. The molecule has 0 aliphatic rings. The molecule has 2 aromatic rings. The third-order valence-electron chi connectivity index (χ3n) is 3.48. The number of aryl methyl sites for hydroxylation is 2. The van der Waals surface area contributed by atoms with Crippen LogP contribution in [0.1, 0.15) is 23.1 Å². The van der Waals surface area contributed by atoms with Gasteiger partial charge in [0.25, 0.3) is 0 Å². The molecule has 0 saturated carbocycles. The lowest BCUT2D eigenvalue weighted by molar-refractivity contribution is 0.165. The third-order valence-corrected chi connectivity index (χ3v) is 3.48. The number of methoxy groups -OCH3 is 1. The molecular formula is C18H22O2. The van der Waals surface area contributed by atoms with Gasteiger partial charge in [-0.05, 0) is 49.4 Å². The number of benzene rings is 2. The number of ether oxygens (including phenoxy) is 1. The number of rotatable bonds is 6. The Morgan fingerprint density at radius 3 is 2.45 bits per heavy atom. The van der Waals surface area contributed by atoms with E-state index in [1.54, 1.807) is 7.11 Å². The Morgan fingerprint density at radius 1 is 1.05 bits per heavy atom. The molecule has 0 saturated heterocycles. The van der Waals surface area contributed by atoms with Crippen molar-refractivity contribution in [3.05, 3.63) is 65.2 Å². The number of hydrogen-bond acceptors (Lipinski definition) is 2. The first-order chi connectivity index (χ1) is 9.67. The van der Waals surface area contributed by atoms with E-state index in [2.05, 4.69) is 31.2 Å². The van der Waals surface area contributed by atoms with E-state index in [4.69, 9.17) is 4.74 Å². The fraction of sp³-hybridized carbons (Fsp3) is 0.333. The first-order valence-electron chi connectivity index (χ1n) is 7.04. The van der Waals surface area contributed by atoms with E-state index in [1.165, 1.54) is 11.1 Å². The fourth-order valence-corrected chi connectivity index (χ4v) is 2.34. The van der Waals surface area contributed by atoms with Crippen LogP contribution in [0.2, 0.25) is 0 Å². The van der Waals surface area contributed by atoms with E-state index < -0.39 is 0 Å². The van der Waals surface area contributed by atoms with E-state index in [9.17, 15) is 5.11 Å². The fourth-order valence-electron chi connectivity index (χ4n) is 2.34. The Labute approximate surface area is 121 Å². The average Bonchev–Trinajstić information content (AvgIpc) is 2.46. The van der Waals surface area contributed by atoms with Gasteiger partial charge < -0.3 is 9.84 Å². The van der Waals surface area contributed by atoms with E-state index in [0.29, 0.717) is 6.42 Å². The molecule has 0 bridgehead atoms. The Balaban J connectivity index is 1.84. The molecular weight excluding hydrogens is 248 g/mol. The van der Waals surface area contributed by atoms with Crippen LogP contribution in [0.5, 0.6) is 5.75 Å². The largest absolute Gasteiger partial charge is 0.497 e. The zero-order valence-corrected chi connectivity index (χ0v) is 12.2. The van der Waals surface area contributed by atoms with Gasteiger partial charge in [-0.2, -0.15) is 0 Å². The highest BCUT2D eigenvalue weighted by Crippen LogP contribution is 2.15. The number of aliphatic hydroxyl groups excluding tert-OH is 1. The summed E-state index contributed by atoms with van der Waals surface area (Å²) in [4.78, 5) is 0. The van der Waals surface area contributed by atoms with Crippen molar-refractivity contribution in [3.8, 4) is 5.75 Å². The molecule has 2 aromatic carbocycles. The molecule has 1 atom stereocenters. The normalized spacial score (nSPS) is 12.2. The Kier molecular flexibility index (Phi) is 5.19. The first kappa shape index (κ1) is 14.6. The van der Waals surface area contributed by atoms with Gasteiger partial charge in [-0.3, -0.25) is 0 Å². The summed E-state index contributed by atoms with van der Waals surface area (Å²) in [7, 11) is 1.66. The molecule has 2 rings (SSSR count). The van der Waals surface area contributed by atoms with E-state index in [-0.39, 0.29) is 6.10 Å². The molecule has 1 unspecified atom stereocenters. The summed E-state index contributed by atoms with van der Waals surface area (Å²) in [6.45, 7) is 2.09. The lowest BCUT2D eigenvalue weighted by Gasteiger charge is -2.11. The lowest BCUT2D eigenvalue weighted by atomic mass is 10.0. The van der Waals surface area contributed by atoms with Crippen LogP contribution in [0.3, 0.4) is 0 Å². The van der Waals surface area contributed by atoms with Crippen molar-refractivity contribution in [1.82, 2.24) is 0 Å². The number of hydrogen-bond donors (Lipinski definition) is 1. The summed E-state index contributed by atoms with van der Waals surface area (Å²) < 4.78 is 5.13. The highest BCUT2D eigenvalue weighted by molar-refractivity contribution is 5.27. The minimum absolute atomic E-state index is 0.302. The van der Waals surface area contributed by atoms with Crippen LogP contribution in [0, 0.1) is 6.92 Å². The van der Waals surface area contributed by atoms with E-state index in [1.807, 2.05) is 24.3 Å². The molecule has 0 spiro atoms. The molecule has 20 heavy (non-hydrogen) atoms. The molecule has 0 amide bonds. The van der Waals surface area contributed by atoms with Gasteiger partial charge in [0.2, 0.25) is 0 Å². The van der Waals surface area contributed by atoms with Gasteiger partial charge in [0.1, 0.15) is 5.75 Å². The molecule has 1 N–H and O–H groups in total. The third kappa shape index (κ3) is 4.39. The molecule has 0 aromatic heterocycles. The topological polar surface area (TPSA) is 29.5 Å². The van der Waals surface area contributed by atoms with Gasteiger partial charge in [0, 0.05) is 0 Å². The summed E-state index contributed by atoms with van der Waals surface area (Å²) in [6, 6.07) is 16.3. The van der Waals surface area contributed by atoms with Crippen molar-refractivity contribution in [2.75, 3.05) is 7.11 Å². The number of aliphatic hydroxyl groups is 1. The van der Waals surface area contributed by atoms with Crippen molar-refractivity contribution in [3.63, 3.8) is 0 Å². The van der Waals surface area contributed by atoms with Crippen molar-refractivity contribution >= 4 is 0 Å². The Morgan fingerprint density at radius 2 is 1.80 bits per heavy atom. The van der Waals surface area contributed by atoms with Crippen molar-refractivity contribution in [2.24, 2.45) is 0 Å². The average molecular weight is 270 g/mol. The van der Waals surface area contributed by atoms with Crippen LogP contribution in [-0.4, -0.2) is 18.3 Å². The quantitative estimate of drug-likeness (QED) is 0.870. The second kappa shape index (κ2) is 7.11. The summed E-state index contributed by atoms with van der Waals surface area (Å²) in [5, 5.41) is 10.1. The van der Waals surface area contributed by atoms with Crippen molar-refractivity contribution in [2.45, 2.75) is 32.3 Å². The standard InChI is InChI=1S/C18H22O2/c1-14-4-3-5-15(12-14)6-9-17(19)13-16-7-10-18(20-2)11-8-16/h3-5,7-8,10-12,17,19H,6,9,13H2,1-2H3. The molecule has 0 aliphatic heterocycles. The summed E-state index contributed by atoms with van der Waals surface area (Å²) in [5.41, 5.74) is 3.70. The predicted octanol–water partition coefficient (Wildman–Crippen LogP) is 3.54. The molecule has 2 nitrogen and oxygen atoms in total. The van der Waals surface area contributed by atoms with Gasteiger partial charge >= 0.3 is 0 Å². The predicted molar refractivity (Wildman–Crippen MR) is 82.2 cm³/mol. The van der Waals surface area contributed by atoms with Crippen LogP contribution in [0.25, 0.3) is 0 Å². The van der Waals surface area contributed by atoms with Crippen LogP contribution >= 0.6 is 0 Å². The van der Waals surface area contributed by atoms with Gasteiger partial charge in [-0.1, -0.05) is 42.0 Å². The lowest BCUT2D eigenvalue weighted by Crippen LogP contribution is -2.11. The van der Waals surface area contributed by atoms with Gasteiger partial charge in [-0.15, -0.1) is 0 Å². The summed E-state index contributed by atoms with van der Waals surface area (Å²) in [6.07, 6.45) is 2.09. The maximum absolute atomic E-state index is 10.1. The monoisotopic (exact) mass is 270 g/mol. The second-order valence-electron chi connectivity index (χ2n) is 5.23. The molecule has 0 fully saturated rings. The second-order valence-corrected chi connectivity index (χ2v) is 5.23. The molecule has 2 heteroatoms.